The third kappa shape index (κ3) is 4.14. The van der Waals surface area contributed by atoms with Crippen LogP contribution in [0.25, 0.3) is 6.08 Å². The second kappa shape index (κ2) is 5.65. The number of benzene rings is 1. The molecule has 0 aromatic heterocycles. The Labute approximate surface area is 107 Å². The first-order chi connectivity index (χ1) is 8.17. The van der Waals surface area contributed by atoms with Crippen LogP contribution in [0.2, 0.25) is 5.02 Å². The number of hydrogen-bond acceptors (Lipinski definition) is 1. The smallest absolute Gasteiger partial charge is 0.125 e. The Kier molecular flexibility index (Phi) is 4.19. The minimum Gasteiger partial charge on any atom is -0.310 e. The van der Waals surface area contributed by atoms with Crippen LogP contribution in [0.5, 0.6) is 0 Å². The number of halogens is 2. The number of rotatable bonds is 5. The summed E-state index contributed by atoms with van der Waals surface area (Å²) in [6, 6.07) is 5.32. The Balaban J connectivity index is 2.07. The largest absolute Gasteiger partial charge is 0.310 e. The van der Waals surface area contributed by atoms with Crippen LogP contribution in [0, 0.1) is 5.82 Å². The molecule has 1 aromatic rings. The SMILES string of the molecule is CC/C(=C/c1cc(F)cc(Cl)c1)CNC1CC1. The maximum Gasteiger partial charge on any atom is 0.125 e. The van der Waals surface area contributed by atoms with E-state index in [2.05, 4.69) is 12.2 Å². The van der Waals surface area contributed by atoms with E-state index in [1.54, 1.807) is 6.07 Å². The molecule has 0 bridgehead atoms. The normalized spacial score (nSPS) is 16.3. The molecule has 0 heterocycles. The lowest BCUT2D eigenvalue weighted by atomic mass is 10.1. The van der Waals surface area contributed by atoms with Gasteiger partial charge in [0.2, 0.25) is 0 Å². The first-order valence-corrected chi connectivity index (χ1v) is 6.44. The summed E-state index contributed by atoms with van der Waals surface area (Å²) in [7, 11) is 0. The first-order valence-electron chi connectivity index (χ1n) is 6.06. The zero-order chi connectivity index (χ0) is 12.3. The molecule has 1 aliphatic carbocycles. The molecule has 1 aromatic carbocycles. The molecule has 0 saturated heterocycles. The molecule has 3 heteroatoms. The van der Waals surface area contributed by atoms with E-state index in [0.29, 0.717) is 11.1 Å². The van der Waals surface area contributed by atoms with Crippen molar-refractivity contribution >= 4 is 17.7 Å². The van der Waals surface area contributed by atoms with Gasteiger partial charge in [0.05, 0.1) is 0 Å². The average molecular weight is 254 g/mol. The highest BCUT2D eigenvalue weighted by molar-refractivity contribution is 6.30. The van der Waals surface area contributed by atoms with Gasteiger partial charge in [-0.3, -0.25) is 0 Å². The Morgan fingerprint density at radius 3 is 2.82 bits per heavy atom. The van der Waals surface area contributed by atoms with Gasteiger partial charge < -0.3 is 5.32 Å². The van der Waals surface area contributed by atoms with Crippen molar-refractivity contribution in [1.29, 1.82) is 0 Å². The van der Waals surface area contributed by atoms with E-state index >= 15 is 0 Å². The van der Waals surface area contributed by atoms with E-state index in [1.807, 2.05) is 6.08 Å². The van der Waals surface area contributed by atoms with E-state index in [4.69, 9.17) is 11.6 Å². The fourth-order valence-corrected chi connectivity index (χ4v) is 1.97. The van der Waals surface area contributed by atoms with Crippen molar-refractivity contribution in [3.8, 4) is 0 Å². The molecule has 92 valence electrons. The summed E-state index contributed by atoms with van der Waals surface area (Å²) in [6.07, 6.45) is 5.55. The lowest BCUT2D eigenvalue weighted by Gasteiger charge is -2.06. The molecule has 1 saturated carbocycles. The molecule has 0 atom stereocenters. The maximum absolute atomic E-state index is 13.2. The molecule has 2 rings (SSSR count). The highest BCUT2D eigenvalue weighted by atomic mass is 35.5. The van der Waals surface area contributed by atoms with E-state index in [-0.39, 0.29) is 5.82 Å². The quantitative estimate of drug-likeness (QED) is 0.836. The number of hydrogen-bond donors (Lipinski definition) is 1. The van der Waals surface area contributed by atoms with Crippen molar-refractivity contribution in [2.45, 2.75) is 32.2 Å². The van der Waals surface area contributed by atoms with Crippen LogP contribution in [0.3, 0.4) is 0 Å². The summed E-state index contributed by atoms with van der Waals surface area (Å²) in [5.41, 5.74) is 2.11. The van der Waals surface area contributed by atoms with Crippen molar-refractivity contribution in [2.24, 2.45) is 0 Å². The van der Waals surface area contributed by atoms with Gasteiger partial charge in [-0.05, 0) is 43.0 Å². The Hall–Kier alpha value is -0.860. The zero-order valence-corrected chi connectivity index (χ0v) is 10.7. The summed E-state index contributed by atoms with van der Waals surface area (Å²) in [6.45, 7) is 3.00. The average Bonchev–Trinajstić information content (AvgIpc) is 3.06. The predicted octanol–water partition coefficient (Wildman–Crippen LogP) is 4.02. The number of nitrogens with one attached hydrogen (secondary N) is 1. The summed E-state index contributed by atoms with van der Waals surface area (Å²) < 4.78 is 13.2. The van der Waals surface area contributed by atoms with Crippen LogP contribution in [0.4, 0.5) is 4.39 Å². The van der Waals surface area contributed by atoms with Gasteiger partial charge in [0.1, 0.15) is 5.82 Å². The molecule has 1 fully saturated rings. The molecule has 1 nitrogen and oxygen atoms in total. The van der Waals surface area contributed by atoms with Gasteiger partial charge in [0.25, 0.3) is 0 Å². The van der Waals surface area contributed by atoms with Gasteiger partial charge in [-0.1, -0.05) is 30.2 Å². The van der Waals surface area contributed by atoms with E-state index < -0.39 is 0 Å². The van der Waals surface area contributed by atoms with E-state index in [0.717, 1.165) is 18.5 Å². The monoisotopic (exact) mass is 253 g/mol. The van der Waals surface area contributed by atoms with Crippen LogP contribution in [0.15, 0.2) is 23.8 Å². The highest BCUT2D eigenvalue weighted by Gasteiger charge is 2.19. The van der Waals surface area contributed by atoms with Crippen molar-refractivity contribution < 1.29 is 4.39 Å². The Bertz CT molecular complexity index is 404. The van der Waals surface area contributed by atoms with Crippen LogP contribution >= 0.6 is 11.6 Å². The third-order valence-electron chi connectivity index (χ3n) is 2.90. The summed E-state index contributed by atoms with van der Waals surface area (Å²) in [5.74, 6) is -0.283. The molecular formula is C14H17ClFN. The summed E-state index contributed by atoms with van der Waals surface area (Å²) in [5, 5.41) is 3.91. The first kappa shape index (κ1) is 12.6. The van der Waals surface area contributed by atoms with E-state index in [1.165, 1.54) is 30.5 Å². The highest BCUT2D eigenvalue weighted by Crippen LogP contribution is 2.20. The predicted molar refractivity (Wildman–Crippen MR) is 70.7 cm³/mol. The van der Waals surface area contributed by atoms with E-state index in [9.17, 15) is 4.39 Å². The third-order valence-corrected chi connectivity index (χ3v) is 3.12. The molecule has 0 aliphatic heterocycles. The Morgan fingerprint density at radius 2 is 2.24 bits per heavy atom. The molecule has 0 spiro atoms. The molecule has 0 amide bonds. The second-order valence-electron chi connectivity index (χ2n) is 4.51. The molecular weight excluding hydrogens is 237 g/mol. The molecule has 17 heavy (non-hydrogen) atoms. The standard InChI is InChI=1S/C14H17ClFN/c1-2-10(9-17-14-3-4-14)5-11-6-12(15)8-13(16)7-11/h5-8,14,17H,2-4,9H2,1H3/b10-5-. The van der Waals surface area contributed by atoms with Gasteiger partial charge in [-0.15, -0.1) is 0 Å². The van der Waals surface area contributed by atoms with Crippen LogP contribution in [0.1, 0.15) is 31.7 Å². The summed E-state index contributed by atoms with van der Waals surface area (Å²) >= 11 is 5.83. The molecule has 0 radical (unpaired) electrons. The maximum atomic E-state index is 13.2. The lowest BCUT2D eigenvalue weighted by Crippen LogP contribution is -2.18. The van der Waals surface area contributed by atoms with Crippen molar-refractivity contribution in [2.75, 3.05) is 6.54 Å². The van der Waals surface area contributed by atoms with Gasteiger partial charge in [0.15, 0.2) is 0 Å². The minimum absolute atomic E-state index is 0.283. The van der Waals surface area contributed by atoms with Crippen molar-refractivity contribution in [1.82, 2.24) is 5.32 Å². The van der Waals surface area contributed by atoms with Gasteiger partial charge in [-0.2, -0.15) is 0 Å². The van der Waals surface area contributed by atoms with Gasteiger partial charge in [0, 0.05) is 17.6 Å². The second-order valence-corrected chi connectivity index (χ2v) is 4.95. The molecule has 1 N–H and O–H groups in total. The fraction of sp³-hybridized carbons (Fsp3) is 0.429. The van der Waals surface area contributed by atoms with Crippen LogP contribution < -0.4 is 5.32 Å². The van der Waals surface area contributed by atoms with Crippen LogP contribution in [-0.2, 0) is 0 Å². The van der Waals surface area contributed by atoms with Crippen molar-refractivity contribution in [3.63, 3.8) is 0 Å². The summed E-state index contributed by atoms with van der Waals surface area (Å²) in [4.78, 5) is 0. The zero-order valence-electron chi connectivity index (χ0n) is 9.97. The van der Waals surface area contributed by atoms with Gasteiger partial charge in [-0.25, -0.2) is 4.39 Å². The minimum atomic E-state index is -0.283. The topological polar surface area (TPSA) is 12.0 Å². The molecule has 0 unspecified atom stereocenters. The van der Waals surface area contributed by atoms with Crippen LogP contribution in [-0.4, -0.2) is 12.6 Å². The lowest BCUT2D eigenvalue weighted by molar-refractivity contribution is 0.627. The van der Waals surface area contributed by atoms with Gasteiger partial charge >= 0.3 is 0 Å². The van der Waals surface area contributed by atoms with Crippen molar-refractivity contribution in [3.05, 3.63) is 40.2 Å². The fourth-order valence-electron chi connectivity index (χ4n) is 1.74. The molecule has 1 aliphatic rings. The Morgan fingerprint density at radius 1 is 1.47 bits per heavy atom.